The van der Waals surface area contributed by atoms with Gasteiger partial charge in [0.15, 0.2) is 0 Å². The van der Waals surface area contributed by atoms with Crippen molar-refractivity contribution >= 4 is 41.0 Å². The second-order valence-electron chi connectivity index (χ2n) is 4.73. The van der Waals surface area contributed by atoms with Crippen LogP contribution in [0.3, 0.4) is 0 Å². The molecule has 0 amide bonds. The number of hydrogen-bond donors (Lipinski definition) is 4. The molecule has 0 bridgehead atoms. The predicted molar refractivity (Wildman–Crippen MR) is 83.4 cm³/mol. The van der Waals surface area contributed by atoms with Crippen LogP contribution in [0.1, 0.15) is 43.8 Å². The first kappa shape index (κ1) is 22.6. The van der Waals surface area contributed by atoms with Gasteiger partial charge in [0.2, 0.25) is 0 Å². The first-order valence-electron chi connectivity index (χ1n) is 6.20. The quantitative estimate of drug-likeness (QED) is 0.600. The summed E-state index contributed by atoms with van der Waals surface area (Å²) < 4.78 is 0. The van der Waals surface area contributed by atoms with E-state index in [0.29, 0.717) is 12.3 Å². The van der Waals surface area contributed by atoms with Crippen LogP contribution < -0.4 is 5.73 Å². The zero-order valence-corrected chi connectivity index (χ0v) is 13.9. The van der Waals surface area contributed by atoms with Gasteiger partial charge >= 0.3 is 41.0 Å². The van der Waals surface area contributed by atoms with Gasteiger partial charge in [-0.3, -0.25) is 4.79 Å². The molecule has 1 aromatic carbocycles. The van der Waals surface area contributed by atoms with E-state index in [2.05, 4.69) is 0 Å². The number of carboxylic acid groups (broad SMARTS) is 3. The van der Waals surface area contributed by atoms with E-state index in [4.69, 9.17) is 21.1 Å². The fourth-order valence-corrected chi connectivity index (χ4v) is 1.46. The molecule has 0 aliphatic rings. The van der Waals surface area contributed by atoms with E-state index in [9.17, 15) is 14.4 Å². The Morgan fingerprint density at radius 3 is 1.59 bits per heavy atom. The molecule has 1 atom stereocenters. The van der Waals surface area contributed by atoms with Crippen molar-refractivity contribution in [2.75, 3.05) is 0 Å². The van der Waals surface area contributed by atoms with E-state index in [1.54, 1.807) is 0 Å². The summed E-state index contributed by atoms with van der Waals surface area (Å²) in [5.74, 6) is -3.01. The molecule has 22 heavy (non-hydrogen) atoms. The van der Waals surface area contributed by atoms with Gasteiger partial charge in [0.25, 0.3) is 0 Å². The van der Waals surface area contributed by atoms with Crippen molar-refractivity contribution in [3.05, 3.63) is 35.4 Å². The van der Waals surface area contributed by atoms with E-state index < -0.39 is 23.9 Å². The van der Waals surface area contributed by atoms with E-state index in [1.807, 2.05) is 13.8 Å². The van der Waals surface area contributed by atoms with Crippen LogP contribution in [0.15, 0.2) is 24.3 Å². The second kappa shape index (κ2) is 11.0. The van der Waals surface area contributed by atoms with Gasteiger partial charge in [-0.05, 0) is 24.5 Å². The number of benzene rings is 1. The summed E-state index contributed by atoms with van der Waals surface area (Å²) >= 11 is 0. The SMILES string of the molecule is CC(C)CC(N)C(=O)O.O=C(O)c1ccccc1C(=O)O.[H-].[H-].[Mg+2]. The number of carboxylic acids is 3. The fourth-order valence-electron chi connectivity index (χ4n) is 1.46. The maximum atomic E-state index is 10.5. The summed E-state index contributed by atoms with van der Waals surface area (Å²) in [6.07, 6.45) is 0.551. The van der Waals surface area contributed by atoms with Gasteiger partial charge in [-0.25, -0.2) is 9.59 Å². The van der Waals surface area contributed by atoms with Crippen molar-refractivity contribution in [2.45, 2.75) is 26.3 Å². The molecule has 0 fully saturated rings. The Labute approximate surface area is 147 Å². The molecule has 1 aromatic rings. The summed E-state index contributed by atoms with van der Waals surface area (Å²) in [6.45, 7) is 3.89. The summed E-state index contributed by atoms with van der Waals surface area (Å²) in [5, 5.41) is 25.4. The molecule has 0 saturated heterocycles. The third-order valence-corrected chi connectivity index (χ3v) is 2.43. The van der Waals surface area contributed by atoms with Crippen LogP contribution in [0.5, 0.6) is 0 Å². The third-order valence-electron chi connectivity index (χ3n) is 2.43. The Kier molecular flexibility index (Phi) is 11.3. The van der Waals surface area contributed by atoms with Gasteiger partial charge in [0.05, 0.1) is 11.1 Å². The molecular formula is C14H21MgNO6. The van der Waals surface area contributed by atoms with E-state index in [-0.39, 0.29) is 37.0 Å². The molecule has 0 spiro atoms. The minimum atomic E-state index is -1.23. The number of aliphatic carboxylic acids is 1. The summed E-state index contributed by atoms with van der Waals surface area (Å²) in [6, 6.07) is 4.79. The molecule has 0 saturated carbocycles. The van der Waals surface area contributed by atoms with Crippen LogP contribution in [0.2, 0.25) is 0 Å². The van der Waals surface area contributed by atoms with E-state index >= 15 is 0 Å². The molecule has 1 unspecified atom stereocenters. The van der Waals surface area contributed by atoms with Crippen LogP contribution in [0.25, 0.3) is 0 Å². The average Bonchev–Trinajstić information content (AvgIpc) is 2.38. The van der Waals surface area contributed by atoms with Crippen molar-refractivity contribution in [3.8, 4) is 0 Å². The van der Waals surface area contributed by atoms with E-state index in [0.717, 1.165) is 0 Å². The van der Waals surface area contributed by atoms with Crippen LogP contribution in [-0.2, 0) is 4.79 Å². The zero-order valence-electron chi connectivity index (χ0n) is 14.5. The Morgan fingerprint density at radius 1 is 1.05 bits per heavy atom. The first-order chi connectivity index (χ1) is 9.66. The van der Waals surface area contributed by atoms with Gasteiger partial charge in [-0.2, -0.15) is 0 Å². The second-order valence-corrected chi connectivity index (χ2v) is 4.73. The zero-order chi connectivity index (χ0) is 16.6. The summed E-state index contributed by atoms with van der Waals surface area (Å²) in [7, 11) is 0. The molecule has 0 radical (unpaired) electrons. The molecule has 0 aliphatic heterocycles. The Balaban J connectivity index is -0.000000153. The van der Waals surface area contributed by atoms with Gasteiger partial charge < -0.3 is 23.9 Å². The van der Waals surface area contributed by atoms with Crippen molar-refractivity contribution in [2.24, 2.45) is 11.7 Å². The molecule has 0 heterocycles. The Hall–Kier alpha value is -1.64. The average molecular weight is 324 g/mol. The number of rotatable bonds is 5. The molecule has 0 aliphatic carbocycles. The molecule has 7 nitrogen and oxygen atoms in total. The van der Waals surface area contributed by atoms with Crippen molar-refractivity contribution in [3.63, 3.8) is 0 Å². The first-order valence-corrected chi connectivity index (χ1v) is 6.20. The van der Waals surface area contributed by atoms with E-state index in [1.165, 1.54) is 24.3 Å². The van der Waals surface area contributed by atoms with Crippen LogP contribution in [0.4, 0.5) is 0 Å². The maximum Gasteiger partial charge on any atom is 2.00 e. The predicted octanol–water partition coefficient (Wildman–Crippen LogP) is 1.37. The van der Waals surface area contributed by atoms with Gasteiger partial charge in [-0.15, -0.1) is 0 Å². The topological polar surface area (TPSA) is 138 Å². The van der Waals surface area contributed by atoms with Crippen LogP contribution in [0, 0.1) is 5.92 Å². The van der Waals surface area contributed by atoms with Gasteiger partial charge in [0, 0.05) is 0 Å². The molecule has 8 heteroatoms. The van der Waals surface area contributed by atoms with Gasteiger partial charge in [-0.1, -0.05) is 26.0 Å². The standard InChI is InChI=1S/C8H6O4.C6H13NO2.Mg.2H/c9-7(10)5-3-1-2-4-6(5)8(11)12;1-4(2)3-5(7)6(8)9;;;/h1-4H,(H,9,10)(H,11,12);4-5H,3,7H2,1-2H3,(H,8,9);;;/q;;+2;2*-1. The molecule has 5 N–H and O–H groups in total. The number of carbonyl (C=O) groups is 3. The number of nitrogens with two attached hydrogens (primary N) is 1. The van der Waals surface area contributed by atoms with Crippen LogP contribution >= 0.6 is 0 Å². The number of aromatic carboxylic acids is 2. The Bertz CT molecular complexity index is 495. The molecular weight excluding hydrogens is 302 g/mol. The monoisotopic (exact) mass is 323 g/mol. The maximum absolute atomic E-state index is 10.5. The van der Waals surface area contributed by atoms with Crippen molar-refractivity contribution in [1.82, 2.24) is 0 Å². The number of hydrogen-bond acceptors (Lipinski definition) is 4. The molecule has 1 rings (SSSR count). The normalized spacial score (nSPS) is 10.7. The molecule has 0 aromatic heterocycles. The fraction of sp³-hybridized carbons (Fsp3) is 0.357. The summed E-state index contributed by atoms with van der Waals surface area (Å²) in [4.78, 5) is 31.0. The largest absolute Gasteiger partial charge is 2.00 e. The van der Waals surface area contributed by atoms with Crippen molar-refractivity contribution < 1.29 is 32.6 Å². The summed E-state index contributed by atoms with van der Waals surface area (Å²) in [5.41, 5.74) is 4.84. The Morgan fingerprint density at radius 2 is 1.41 bits per heavy atom. The van der Waals surface area contributed by atoms with Crippen molar-refractivity contribution in [1.29, 1.82) is 0 Å². The third kappa shape index (κ3) is 8.60. The smallest absolute Gasteiger partial charge is 1.00 e. The van der Waals surface area contributed by atoms with Gasteiger partial charge in [0.1, 0.15) is 6.04 Å². The van der Waals surface area contributed by atoms with Crippen LogP contribution in [-0.4, -0.2) is 62.3 Å². The minimum Gasteiger partial charge on any atom is -1.00 e. The molecule has 120 valence electrons. The minimum absolute atomic E-state index is 0.